The predicted molar refractivity (Wildman–Crippen MR) is 137 cm³/mol. The highest BCUT2D eigenvalue weighted by Gasteiger charge is 2.22. The van der Waals surface area contributed by atoms with Gasteiger partial charge in [-0.15, -0.1) is 0 Å². The average molecular weight is 474 g/mol. The first-order valence-electron chi connectivity index (χ1n) is 11.3. The second kappa shape index (κ2) is 9.94. The second-order valence-corrected chi connectivity index (χ2v) is 9.89. The molecule has 1 fully saturated rings. The highest BCUT2D eigenvalue weighted by atomic mass is 35.5. The number of hydrogen-bond donors (Lipinski definition) is 0. The fraction of sp³-hybridized carbons (Fsp3) is 0.222. The molecule has 0 spiro atoms. The molecule has 0 bridgehead atoms. The van der Waals surface area contributed by atoms with Crippen molar-refractivity contribution in [3.63, 3.8) is 0 Å². The molecule has 0 amide bonds. The van der Waals surface area contributed by atoms with Crippen molar-refractivity contribution in [1.29, 1.82) is 0 Å². The smallest absolute Gasteiger partial charge is 0.267 e. The zero-order valence-corrected chi connectivity index (χ0v) is 19.7. The van der Waals surface area contributed by atoms with Crippen molar-refractivity contribution in [2.24, 2.45) is 5.10 Å². The van der Waals surface area contributed by atoms with Crippen LogP contribution in [0.2, 0.25) is 5.02 Å². The molecule has 4 nitrogen and oxygen atoms in total. The molecule has 1 aromatic heterocycles. The van der Waals surface area contributed by atoms with Gasteiger partial charge >= 0.3 is 0 Å². The number of hydrogen-bond acceptors (Lipinski definition) is 4. The van der Waals surface area contributed by atoms with Crippen molar-refractivity contribution in [3.05, 3.63) is 99.6 Å². The maximum Gasteiger partial charge on any atom is 0.282 e. The number of benzene rings is 3. The van der Waals surface area contributed by atoms with Crippen LogP contribution < -0.4 is 5.56 Å². The van der Waals surface area contributed by atoms with Crippen LogP contribution in [0.5, 0.6) is 0 Å². The lowest BCUT2D eigenvalue weighted by atomic mass is 9.88. The maximum atomic E-state index is 13.3. The minimum atomic E-state index is -0.104. The topological polar surface area (TPSA) is 47.2 Å². The molecule has 1 saturated carbocycles. The summed E-state index contributed by atoms with van der Waals surface area (Å²) in [6, 6.07) is 23.5. The third-order valence-electron chi connectivity index (χ3n) is 6.00. The number of fused-ring (bicyclic) bond motifs is 1. The van der Waals surface area contributed by atoms with Gasteiger partial charge in [0.1, 0.15) is 5.82 Å². The third kappa shape index (κ3) is 5.05. The molecule has 1 aliphatic rings. The maximum absolute atomic E-state index is 13.3. The Balaban J connectivity index is 1.44. The standard InChI is InChI=1S/C27H24ClN3OS/c28-21-12-16-23(17-13-21)33-22-14-10-19(11-15-22)18-29-31-26(20-6-2-1-3-7-20)30-25-9-5-4-8-24(25)27(31)32/h4-5,8-18,20H,1-3,6-7H2. The van der Waals surface area contributed by atoms with Gasteiger partial charge in [0.15, 0.2) is 0 Å². The Bertz CT molecular complexity index is 1340. The van der Waals surface area contributed by atoms with Gasteiger partial charge in [0.05, 0.1) is 17.1 Å². The molecule has 0 radical (unpaired) electrons. The highest BCUT2D eigenvalue weighted by molar-refractivity contribution is 7.99. The molecule has 0 saturated heterocycles. The van der Waals surface area contributed by atoms with E-state index in [1.807, 2.05) is 60.7 Å². The van der Waals surface area contributed by atoms with E-state index in [-0.39, 0.29) is 11.5 Å². The van der Waals surface area contributed by atoms with Crippen LogP contribution >= 0.6 is 23.4 Å². The molecule has 166 valence electrons. The number of halogens is 1. The zero-order valence-electron chi connectivity index (χ0n) is 18.2. The monoisotopic (exact) mass is 473 g/mol. The van der Waals surface area contributed by atoms with Crippen LogP contribution in [0.15, 0.2) is 92.5 Å². The van der Waals surface area contributed by atoms with Gasteiger partial charge in [0.25, 0.3) is 5.56 Å². The summed E-state index contributed by atoms with van der Waals surface area (Å²) >= 11 is 7.65. The molecule has 0 unspecified atom stereocenters. The van der Waals surface area contributed by atoms with Crippen molar-refractivity contribution in [2.45, 2.75) is 47.8 Å². The fourth-order valence-corrected chi connectivity index (χ4v) is 5.21. The highest BCUT2D eigenvalue weighted by Crippen LogP contribution is 2.32. The van der Waals surface area contributed by atoms with E-state index in [1.165, 1.54) is 23.9 Å². The van der Waals surface area contributed by atoms with Gasteiger partial charge in [-0.05, 0) is 66.9 Å². The fourth-order valence-electron chi connectivity index (χ4n) is 4.26. The van der Waals surface area contributed by atoms with E-state index in [9.17, 15) is 4.79 Å². The minimum Gasteiger partial charge on any atom is -0.267 e. The first-order chi connectivity index (χ1) is 16.2. The molecule has 0 aliphatic heterocycles. The second-order valence-electron chi connectivity index (χ2n) is 8.31. The third-order valence-corrected chi connectivity index (χ3v) is 7.27. The Morgan fingerprint density at radius 3 is 2.30 bits per heavy atom. The molecular formula is C27H24ClN3OS. The van der Waals surface area contributed by atoms with Gasteiger partial charge in [-0.1, -0.05) is 66.9 Å². The first kappa shape index (κ1) is 21.9. The largest absolute Gasteiger partial charge is 0.282 e. The Labute approximate surface area is 202 Å². The Hall–Kier alpha value is -2.89. The average Bonchev–Trinajstić information content (AvgIpc) is 2.86. The summed E-state index contributed by atoms with van der Waals surface area (Å²) in [7, 11) is 0. The lowest BCUT2D eigenvalue weighted by Crippen LogP contribution is -2.25. The first-order valence-corrected chi connectivity index (χ1v) is 12.5. The summed E-state index contributed by atoms with van der Waals surface area (Å²) in [5.74, 6) is 1.05. The number of para-hydroxylation sites is 1. The SMILES string of the molecule is O=c1c2ccccc2nc(C2CCCCC2)n1N=Cc1ccc(Sc2ccc(Cl)cc2)cc1. The number of rotatable bonds is 5. The van der Waals surface area contributed by atoms with E-state index in [0.29, 0.717) is 5.39 Å². The summed E-state index contributed by atoms with van der Waals surface area (Å²) in [5, 5.41) is 5.95. The lowest BCUT2D eigenvalue weighted by Gasteiger charge is -2.22. The van der Waals surface area contributed by atoms with E-state index in [0.717, 1.165) is 44.6 Å². The van der Waals surface area contributed by atoms with Crippen molar-refractivity contribution >= 4 is 40.5 Å². The quantitative estimate of drug-likeness (QED) is 0.289. The molecule has 6 heteroatoms. The van der Waals surface area contributed by atoms with E-state index < -0.39 is 0 Å². The van der Waals surface area contributed by atoms with Gasteiger partial charge in [0.2, 0.25) is 0 Å². The van der Waals surface area contributed by atoms with Crippen molar-refractivity contribution in [1.82, 2.24) is 9.66 Å². The van der Waals surface area contributed by atoms with Crippen LogP contribution in [-0.2, 0) is 0 Å². The van der Waals surface area contributed by atoms with Crippen LogP contribution in [0.4, 0.5) is 0 Å². The van der Waals surface area contributed by atoms with E-state index >= 15 is 0 Å². The van der Waals surface area contributed by atoms with Crippen LogP contribution in [0.1, 0.15) is 49.4 Å². The summed E-state index contributed by atoms with van der Waals surface area (Å²) < 4.78 is 1.52. The Morgan fingerprint density at radius 2 is 1.58 bits per heavy atom. The van der Waals surface area contributed by atoms with Gasteiger partial charge in [-0.3, -0.25) is 4.79 Å². The van der Waals surface area contributed by atoms with Crippen molar-refractivity contribution in [3.8, 4) is 0 Å². The molecule has 1 heterocycles. The summed E-state index contributed by atoms with van der Waals surface area (Å²) in [6.45, 7) is 0. The molecular weight excluding hydrogens is 450 g/mol. The molecule has 1 aliphatic carbocycles. The molecule has 4 aromatic rings. The molecule has 3 aromatic carbocycles. The molecule has 0 atom stereocenters. The van der Waals surface area contributed by atoms with Crippen molar-refractivity contribution in [2.75, 3.05) is 0 Å². The van der Waals surface area contributed by atoms with Gasteiger partial charge in [-0.25, -0.2) is 4.98 Å². The number of nitrogens with zero attached hydrogens (tertiary/aromatic N) is 3. The Morgan fingerprint density at radius 1 is 0.909 bits per heavy atom. The zero-order chi connectivity index (χ0) is 22.6. The summed E-state index contributed by atoms with van der Waals surface area (Å²) in [6.07, 6.45) is 7.44. The van der Waals surface area contributed by atoms with Crippen molar-refractivity contribution < 1.29 is 0 Å². The molecule has 0 N–H and O–H groups in total. The minimum absolute atomic E-state index is 0.104. The predicted octanol–water partition coefficient (Wildman–Crippen LogP) is 7.13. The summed E-state index contributed by atoms with van der Waals surface area (Å²) in [5.41, 5.74) is 1.58. The van der Waals surface area contributed by atoms with Crippen LogP contribution in [-0.4, -0.2) is 15.9 Å². The van der Waals surface area contributed by atoms with Crippen LogP contribution in [0.3, 0.4) is 0 Å². The van der Waals surface area contributed by atoms with E-state index in [2.05, 4.69) is 17.2 Å². The molecule has 33 heavy (non-hydrogen) atoms. The van der Waals surface area contributed by atoms with Gasteiger partial charge < -0.3 is 0 Å². The van der Waals surface area contributed by atoms with Gasteiger partial charge in [0, 0.05) is 20.7 Å². The molecule has 5 rings (SSSR count). The normalized spacial score (nSPS) is 14.8. The number of aromatic nitrogens is 2. The lowest BCUT2D eigenvalue weighted by molar-refractivity contribution is 0.416. The summed E-state index contributed by atoms with van der Waals surface area (Å²) in [4.78, 5) is 20.4. The van der Waals surface area contributed by atoms with Crippen LogP contribution in [0, 0.1) is 0 Å². The Kier molecular flexibility index (Phi) is 6.60. The van der Waals surface area contributed by atoms with E-state index in [4.69, 9.17) is 16.6 Å². The van der Waals surface area contributed by atoms with Gasteiger partial charge in [-0.2, -0.15) is 9.78 Å². The van der Waals surface area contributed by atoms with Crippen LogP contribution in [0.25, 0.3) is 10.9 Å². The van der Waals surface area contributed by atoms with E-state index in [1.54, 1.807) is 18.0 Å².